The Morgan fingerprint density at radius 2 is 1.69 bits per heavy atom. The summed E-state index contributed by atoms with van der Waals surface area (Å²) in [5.41, 5.74) is 2.61. The van der Waals surface area contributed by atoms with E-state index in [-0.39, 0.29) is 11.0 Å². The SMILES string of the molecule is CC(C)c1ccc(S(=O)(=O)Nc2ccc(NCC3CCCO3)cc2)cc1. The first-order valence-electron chi connectivity index (χ1n) is 9.02. The van der Waals surface area contributed by atoms with E-state index in [1.165, 1.54) is 0 Å². The second-order valence-electron chi connectivity index (χ2n) is 6.92. The number of sulfonamides is 1. The molecule has 0 radical (unpaired) electrons. The molecular weight excluding hydrogens is 348 g/mol. The van der Waals surface area contributed by atoms with Crippen molar-refractivity contribution in [1.29, 1.82) is 0 Å². The van der Waals surface area contributed by atoms with Crippen molar-refractivity contribution in [2.75, 3.05) is 23.2 Å². The van der Waals surface area contributed by atoms with Crippen LogP contribution >= 0.6 is 0 Å². The summed E-state index contributed by atoms with van der Waals surface area (Å²) in [6, 6.07) is 14.3. The number of nitrogens with one attached hydrogen (secondary N) is 2. The van der Waals surface area contributed by atoms with Gasteiger partial charge < -0.3 is 10.1 Å². The van der Waals surface area contributed by atoms with Crippen LogP contribution in [0.1, 0.15) is 38.2 Å². The topological polar surface area (TPSA) is 67.4 Å². The molecule has 0 aromatic heterocycles. The molecule has 1 aliphatic rings. The molecular formula is C20H26N2O3S. The van der Waals surface area contributed by atoms with E-state index < -0.39 is 10.0 Å². The Hall–Kier alpha value is -2.05. The van der Waals surface area contributed by atoms with Gasteiger partial charge in [-0.05, 0) is 60.7 Å². The molecule has 1 saturated heterocycles. The van der Waals surface area contributed by atoms with Crippen molar-refractivity contribution in [3.63, 3.8) is 0 Å². The van der Waals surface area contributed by atoms with E-state index >= 15 is 0 Å². The summed E-state index contributed by atoms with van der Waals surface area (Å²) >= 11 is 0. The van der Waals surface area contributed by atoms with Gasteiger partial charge in [0.2, 0.25) is 0 Å². The fraction of sp³-hybridized carbons (Fsp3) is 0.400. The molecule has 3 rings (SSSR count). The highest BCUT2D eigenvalue weighted by Gasteiger charge is 2.16. The van der Waals surface area contributed by atoms with E-state index in [1.807, 2.05) is 24.3 Å². The molecule has 1 fully saturated rings. The second-order valence-corrected chi connectivity index (χ2v) is 8.60. The van der Waals surface area contributed by atoms with Gasteiger partial charge in [-0.1, -0.05) is 26.0 Å². The maximum absolute atomic E-state index is 12.5. The Kier molecular flexibility index (Phi) is 5.84. The van der Waals surface area contributed by atoms with Crippen LogP contribution in [-0.4, -0.2) is 27.7 Å². The predicted octanol–water partition coefficient (Wildman–Crippen LogP) is 4.20. The van der Waals surface area contributed by atoms with Crippen LogP contribution in [0.15, 0.2) is 53.4 Å². The highest BCUT2D eigenvalue weighted by molar-refractivity contribution is 7.92. The first kappa shape index (κ1) is 18.7. The molecule has 26 heavy (non-hydrogen) atoms. The molecule has 5 nitrogen and oxygen atoms in total. The molecule has 0 spiro atoms. The monoisotopic (exact) mass is 374 g/mol. The Balaban J connectivity index is 1.61. The van der Waals surface area contributed by atoms with Crippen LogP contribution in [0.4, 0.5) is 11.4 Å². The van der Waals surface area contributed by atoms with Gasteiger partial charge in [0.15, 0.2) is 0 Å². The van der Waals surface area contributed by atoms with Crippen LogP contribution < -0.4 is 10.0 Å². The summed E-state index contributed by atoms with van der Waals surface area (Å²) in [6.07, 6.45) is 2.47. The molecule has 1 heterocycles. The third-order valence-corrected chi connectivity index (χ3v) is 5.95. The first-order chi connectivity index (χ1) is 12.4. The lowest BCUT2D eigenvalue weighted by Crippen LogP contribution is -2.18. The van der Waals surface area contributed by atoms with E-state index in [0.29, 0.717) is 11.6 Å². The number of anilines is 2. The average molecular weight is 375 g/mol. The maximum atomic E-state index is 12.5. The number of benzene rings is 2. The average Bonchev–Trinajstić information content (AvgIpc) is 3.14. The lowest BCUT2D eigenvalue weighted by molar-refractivity contribution is 0.120. The molecule has 140 valence electrons. The molecule has 2 N–H and O–H groups in total. The largest absolute Gasteiger partial charge is 0.382 e. The highest BCUT2D eigenvalue weighted by atomic mass is 32.2. The molecule has 0 aliphatic carbocycles. The van der Waals surface area contributed by atoms with Crippen LogP contribution in [-0.2, 0) is 14.8 Å². The van der Waals surface area contributed by atoms with E-state index in [4.69, 9.17) is 4.74 Å². The van der Waals surface area contributed by atoms with Crippen LogP contribution in [0.5, 0.6) is 0 Å². The van der Waals surface area contributed by atoms with Gasteiger partial charge in [-0.15, -0.1) is 0 Å². The predicted molar refractivity (Wildman–Crippen MR) is 105 cm³/mol. The van der Waals surface area contributed by atoms with Crippen molar-refractivity contribution >= 4 is 21.4 Å². The Bertz CT molecular complexity index is 809. The fourth-order valence-corrected chi connectivity index (χ4v) is 4.00. The minimum absolute atomic E-state index is 0.266. The first-order valence-corrected chi connectivity index (χ1v) is 10.5. The third kappa shape index (κ3) is 4.77. The van der Waals surface area contributed by atoms with Gasteiger partial charge in [-0.3, -0.25) is 4.72 Å². The standard InChI is InChI=1S/C20H26N2O3S/c1-15(2)16-5-11-20(12-6-16)26(23,24)22-18-9-7-17(8-10-18)21-14-19-4-3-13-25-19/h5-12,15,19,21-22H,3-4,13-14H2,1-2H3. The fourth-order valence-electron chi connectivity index (χ4n) is 2.94. The van der Waals surface area contributed by atoms with E-state index in [2.05, 4.69) is 23.9 Å². The molecule has 1 aliphatic heterocycles. The van der Waals surface area contributed by atoms with Gasteiger partial charge in [0.05, 0.1) is 11.0 Å². The van der Waals surface area contributed by atoms with E-state index in [0.717, 1.165) is 37.2 Å². The lowest BCUT2D eigenvalue weighted by atomic mass is 10.0. The normalized spacial score (nSPS) is 17.4. The van der Waals surface area contributed by atoms with Crippen molar-refractivity contribution in [1.82, 2.24) is 0 Å². The second kappa shape index (κ2) is 8.10. The molecule has 1 unspecified atom stereocenters. The molecule has 1 atom stereocenters. The summed E-state index contributed by atoms with van der Waals surface area (Å²) in [5.74, 6) is 0.370. The third-order valence-electron chi connectivity index (χ3n) is 4.55. The van der Waals surface area contributed by atoms with Gasteiger partial charge in [0, 0.05) is 24.5 Å². The number of hydrogen-bond donors (Lipinski definition) is 2. The smallest absolute Gasteiger partial charge is 0.261 e. The quantitative estimate of drug-likeness (QED) is 0.762. The Morgan fingerprint density at radius 1 is 1.04 bits per heavy atom. The van der Waals surface area contributed by atoms with Gasteiger partial charge >= 0.3 is 0 Å². The Labute approximate surface area is 155 Å². The van der Waals surface area contributed by atoms with Crippen LogP contribution in [0.2, 0.25) is 0 Å². The zero-order valence-electron chi connectivity index (χ0n) is 15.2. The van der Waals surface area contributed by atoms with Crippen molar-refractivity contribution in [2.45, 2.75) is 43.6 Å². The number of hydrogen-bond acceptors (Lipinski definition) is 4. The number of ether oxygens (including phenoxy) is 1. The molecule has 0 bridgehead atoms. The Morgan fingerprint density at radius 3 is 2.27 bits per heavy atom. The van der Waals surface area contributed by atoms with Crippen molar-refractivity contribution in [2.24, 2.45) is 0 Å². The minimum Gasteiger partial charge on any atom is -0.382 e. The molecule has 6 heteroatoms. The molecule has 0 amide bonds. The summed E-state index contributed by atoms with van der Waals surface area (Å²) in [6.45, 7) is 5.77. The zero-order valence-corrected chi connectivity index (χ0v) is 16.1. The highest BCUT2D eigenvalue weighted by Crippen LogP contribution is 2.21. The summed E-state index contributed by atoms with van der Waals surface area (Å²) in [4.78, 5) is 0.266. The molecule has 0 saturated carbocycles. The molecule has 2 aromatic rings. The van der Waals surface area contributed by atoms with Gasteiger partial charge in [-0.2, -0.15) is 0 Å². The minimum atomic E-state index is -3.58. The van der Waals surface area contributed by atoms with E-state index in [9.17, 15) is 8.42 Å². The van der Waals surface area contributed by atoms with Gasteiger partial charge in [0.25, 0.3) is 10.0 Å². The zero-order chi connectivity index (χ0) is 18.6. The van der Waals surface area contributed by atoms with Gasteiger partial charge in [0.1, 0.15) is 0 Å². The molecule has 2 aromatic carbocycles. The lowest BCUT2D eigenvalue weighted by Gasteiger charge is -2.13. The number of rotatable bonds is 7. The van der Waals surface area contributed by atoms with Crippen LogP contribution in [0.25, 0.3) is 0 Å². The maximum Gasteiger partial charge on any atom is 0.261 e. The van der Waals surface area contributed by atoms with Crippen molar-refractivity contribution in [3.8, 4) is 0 Å². The summed E-state index contributed by atoms with van der Waals surface area (Å²) in [7, 11) is -3.58. The van der Waals surface area contributed by atoms with E-state index in [1.54, 1.807) is 24.3 Å². The van der Waals surface area contributed by atoms with Crippen LogP contribution in [0, 0.1) is 0 Å². The van der Waals surface area contributed by atoms with Crippen LogP contribution in [0.3, 0.4) is 0 Å². The van der Waals surface area contributed by atoms with Gasteiger partial charge in [-0.25, -0.2) is 8.42 Å². The van der Waals surface area contributed by atoms with Crippen molar-refractivity contribution < 1.29 is 13.2 Å². The summed E-state index contributed by atoms with van der Waals surface area (Å²) in [5, 5.41) is 3.32. The summed E-state index contributed by atoms with van der Waals surface area (Å²) < 4.78 is 33.3. The van der Waals surface area contributed by atoms with Crippen molar-refractivity contribution in [3.05, 3.63) is 54.1 Å².